The molecule has 0 aliphatic carbocycles. The molecule has 0 spiro atoms. The first kappa shape index (κ1) is 13.4. The second kappa shape index (κ2) is 5.62. The van der Waals surface area contributed by atoms with Gasteiger partial charge in [-0.05, 0) is 12.8 Å². The molecule has 0 bridgehead atoms. The molecule has 0 aliphatic heterocycles. The lowest BCUT2D eigenvalue weighted by molar-refractivity contribution is -0.138. The van der Waals surface area contributed by atoms with Crippen LogP contribution in [-0.4, -0.2) is 28.1 Å². The number of anilines is 1. The molecular weight excluding hydrogens is 242 g/mol. The van der Waals surface area contributed by atoms with E-state index in [1.165, 1.54) is 18.3 Å². The average molecular weight is 257 g/mol. The molecule has 7 heteroatoms. The van der Waals surface area contributed by atoms with Gasteiger partial charge in [-0.15, -0.1) is 11.3 Å². The molecular formula is C10H15N3O3S. The van der Waals surface area contributed by atoms with E-state index in [-0.39, 0.29) is 0 Å². The smallest absolute Gasteiger partial charge is 0.325 e. The third kappa shape index (κ3) is 4.03. The van der Waals surface area contributed by atoms with E-state index in [1.54, 1.807) is 0 Å². The fourth-order valence-electron chi connectivity index (χ4n) is 1.00. The molecule has 1 atom stereocenters. The minimum Gasteiger partial charge on any atom is -0.480 e. The molecule has 0 fully saturated rings. The molecule has 0 saturated carbocycles. The number of urea groups is 1. The van der Waals surface area contributed by atoms with Gasteiger partial charge in [-0.3, -0.25) is 10.1 Å². The summed E-state index contributed by atoms with van der Waals surface area (Å²) in [6.45, 7) is 5.40. The van der Waals surface area contributed by atoms with Gasteiger partial charge in [0.1, 0.15) is 6.04 Å². The van der Waals surface area contributed by atoms with Crippen molar-refractivity contribution in [2.45, 2.75) is 32.7 Å². The summed E-state index contributed by atoms with van der Waals surface area (Å²) < 4.78 is 0. The summed E-state index contributed by atoms with van der Waals surface area (Å²) in [5.41, 5.74) is 0.900. The number of carbonyl (C=O) groups is 2. The molecule has 17 heavy (non-hydrogen) atoms. The number of hydrogen-bond acceptors (Lipinski definition) is 4. The van der Waals surface area contributed by atoms with E-state index in [0.29, 0.717) is 11.0 Å². The second-order valence-electron chi connectivity index (χ2n) is 3.89. The van der Waals surface area contributed by atoms with Crippen LogP contribution in [0.25, 0.3) is 0 Å². The molecule has 3 N–H and O–H groups in total. The number of nitrogens with one attached hydrogen (secondary N) is 2. The van der Waals surface area contributed by atoms with Gasteiger partial charge in [-0.25, -0.2) is 9.78 Å². The molecule has 2 amide bonds. The van der Waals surface area contributed by atoms with Crippen molar-refractivity contribution in [2.75, 3.05) is 5.32 Å². The lowest BCUT2D eigenvalue weighted by Crippen LogP contribution is -2.40. The maximum absolute atomic E-state index is 11.4. The molecule has 1 rings (SSSR count). The van der Waals surface area contributed by atoms with Crippen LogP contribution in [0, 0.1) is 0 Å². The molecule has 0 radical (unpaired) electrons. The van der Waals surface area contributed by atoms with Gasteiger partial charge in [-0.2, -0.15) is 0 Å². The Morgan fingerprint density at radius 2 is 2.06 bits per heavy atom. The summed E-state index contributed by atoms with van der Waals surface area (Å²) >= 11 is 1.31. The van der Waals surface area contributed by atoms with Crippen LogP contribution in [0.2, 0.25) is 0 Å². The van der Waals surface area contributed by atoms with E-state index in [9.17, 15) is 9.59 Å². The number of hydrogen-bond donors (Lipinski definition) is 3. The number of thiazole rings is 1. The van der Waals surface area contributed by atoms with Gasteiger partial charge in [0.05, 0.1) is 5.69 Å². The fourth-order valence-corrected chi connectivity index (χ4v) is 1.87. The van der Waals surface area contributed by atoms with Gasteiger partial charge in [0.25, 0.3) is 0 Å². The van der Waals surface area contributed by atoms with E-state index in [2.05, 4.69) is 15.6 Å². The topological polar surface area (TPSA) is 91.3 Å². The van der Waals surface area contributed by atoms with E-state index in [4.69, 9.17) is 5.11 Å². The Morgan fingerprint density at radius 1 is 1.41 bits per heavy atom. The third-order valence-electron chi connectivity index (χ3n) is 2.05. The summed E-state index contributed by atoms with van der Waals surface area (Å²) in [4.78, 5) is 26.1. The van der Waals surface area contributed by atoms with Crippen molar-refractivity contribution in [3.8, 4) is 0 Å². The Bertz CT molecular complexity index is 417. The van der Waals surface area contributed by atoms with Crippen molar-refractivity contribution in [1.82, 2.24) is 10.3 Å². The Kier molecular flexibility index (Phi) is 4.45. The second-order valence-corrected chi connectivity index (χ2v) is 4.75. The van der Waals surface area contributed by atoms with E-state index < -0.39 is 18.0 Å². The van der Waals surface area contributed by atoms with Crippen molar-refractivity contribution in [3.63, 3.8) is 0 Å². The lowest BCUT2D eigenvalue weighted by atomic mass is 10.2. The molecule has 1 aromatic heterocycles. The van der Waals surface area contributed by atoms with Crippen molar-refractivity contribution in [2.24, 2.45) is 0 Å². The standard InChI is InChI=1S/C10H15N3O3S/c1-5(2)7-4-17-10(12-7)13-9(16)11-6(3)8(14)15/h4-6H,1-3H3,(H,14,15)(H2,11,12,13,16)/t6-/m1/s1. The molecule has 0 aromatic carbocycles. The number of aliphatic carboxylic acids is 1. The summed E-state index contributed by atoms with van der Waals surface area (Å²) in [7, 11) is 0. The quantitative estimate of drug-likeness (QED) is 0.767. The summed E-state index contributed by atoms with van der Waals surface area (Å²) in [5.74, 6) is -0.787. The Hall–Kier alpha value is -1.63. The van der Waals surface area contributed by atoms with Gasteiger partial charge < -0.3 is 10.4 Å². The highest BCUT2D eigenvalue weighted by Crippen LogP contribution is 2.21. The zero-order chi connectivity index (χ0) is 13.0. The summed E-state index contributed by atoms with van der Waals surface area (Å²) in [6, 6.07) is -1.50. The van der Waals surface area contributed by atoms with E-state index in [1.807, 2.05) is 19.2 Å². The lowest BCUT2D eigenvalue weighted by Gasteiger charge is -2.08. The number of carboxylic acids is 1. The molecule has 6 nitrogen and oxygen atoms in total. The van der Waals surface area contributed by atoms with Crippen molar-refractivity contribution < 1.29 is 14.7 Å². The zero-order valence-corrected chi connectivity index (χ0v) is 10.7. The monoisotopic (exact) mass is 257 g/mol. The number of aromatic nitrogens is 1. The first-order chi connectivity index (χ1) is 7.90. The number of nitrogens with zero attached hydrogens (tertiary/aromatic N) is 1. The highest BCUT2D eigenvalue weighted by Gasteiger charge is 2.15. The largest absolute Gasteiger partial charge is 0.480 e. The normalized spacial score (nSPS) is 12.2. The van der Waals surface area contributed by atoms with Crippen LogP contribution in [0.5, 0.6) is 0 Å². The summed E-state index contributed by atoms with van der Waals surface area (Å²) in [6.07, 6.45) is 0. The molecule has 1 heterocycles. The maximum Gasteiger partial charge on any atom is 0.325 e. The molecule has 94 valence electrons. The Balaban J connectivity index is 2.53. The highest BCUT2D eigenvalue weighted by molar-refractivity contribution is 7.13. The predicted molar refractivity (Wildman–Crippen MR) is 65.5 cm³/mol. The number of carboxylic acid groups (broad SMARTS) is 1. The number of carbonyl (C=O) groups excluding carboxylic acids is 1. The van der Waals surface area contributed by atoms with Crippen molar-refractivity contribution >= 4 is 28.5 Å². The first-order valence-corrected chi connectivity index (χ1v) is 6.04. The van der Waals surface area contributed by atoms with Crippen LogP contribution in [0.4, 0.5) is 9.93 Å². The predicted octanol–water partition coefficient (Wildman–Crippen LogP) is 1.86. The van der Waals surface area contributed by atoms with Gasteiger partial charge in [-0.1, -0.05) is 13.8 Å². The minimum absolute atomic E-state index is 0.294. The fraction of sp³-hybridized carbons (Fsp3) is 0.500. The molecule has 0 saturated heterocycles. The van der Waals surface area contributed by atoms with Gasteiger partial charge in [0.15, 0.2) is 5.13 Å². The average Bonchev–Trinajstić information content (AvgIpc) is 2.65. The molecule has 0 unspecified atom stereocenters. The number of rotatable bonds is 4. The third-order valence-corrected chi connectivity index (χ3v) is 2.83. The minimum atomic E-state index is -1.08. The Morgan fingerprint density at radius 3 is 2.53 bits per heavy atom. The Labute approximate surface area is 103 Å². The molecule has 1 aromatic rings. The van der Waals surface area contributed by atoms with Crippen LogP contribution in [0.1, 0.15) is 32.4 Å². The van der Waals surface area contributed by atoms with Crippen LogP contribution >= 0.6 is 11.3 Å². The number of amides is 2. The van der Waals surface area contributed by atoms with Gasteiger partial charge in [0, 0.05) is 5.38 Å². The van der Waals surface area contributed by atoms with Crippen molar-refractivity contribution in [1.29, 1.82) is 0 Å². The van der Waals surface area contributed by atoms with E-state index in [0.717, 1.165) is 5.69 Å². The SMILES string of the molecule is CC(C)c1csc(NC(=O)N[C@H](C)C(=O)O)n1. The van der Waals surface area contributed by atoms with Gasteiger partial charge >= 0.3 is 12.0 Å². The van der Waals surface area contributed by atoms with Crippen LogP contribution in [0.15, 0.2) is 5.38 Å². The highest BCUT2D eigenvalue weighted by atomic mass is 32.1. The zero-order valence-electron chi connectivity index (χ0n) is 9.85. The summed E-state index contributed by atoms with van der Waals surface area (Å²) in [5, 5.41) is 15.7. The van der Waals surface area contributed by atoms with Crippen molar-refractivity contribution in [3.05, 3.63) is 11.1 Å². The van der Waals surface area contributed by atoms with Gasteiger partial charge in [0.2, 0.25) is 0 Å². The van der Waals surface area contributed by atoms with Crippen LogP contribution < -0.4 is 10.6 Å². The van der Waals surface area contributed by atoms with Crippen LogP contribution in [0.3, 0.4) is 0 Å². The maximum atomic E-state index is 11.4. The molecule has 0 aliphatic rings. The van der Waals surface area contributed by atoms with E-state index >= 15 is 0 Å². The van der Waals surface area contributed by atoms with Crippen LogP contribution in [-0.2, 0) is 4.79 Å². The first-order valence-electron chi connectivity index (χ1n) is 5.16.